The first-order valence-electron chi connectivity index (χ1n) is 13.9. The fraction of sp³-hybridized carbons (Fsp3) is 0.828. The van der Waals surface area contributed by atoms with Crippen molar-refractivity contribution in [2.75, 3.05) is 6.61 Å². The third kappa shape index (κ3) is 4.09. The van der Waals surface area contributed by atoms with Gasteiger partial charge in [-0.25, -0.2) is 0 Å². The standard InChI is InChI=1S/C29H44O4/c1-3-27(31)33-26-13-12-24-23-11-10-20-18-22(32-21-8-6-4-5-7-9-21)14-17-29(20,19-30)25(23)15-16-28(24,26)2/h8,10,22-26,30H,3-7,9,11-19H2,1-2H3/t22?,23-,24-,25+,26?,28-,29+/m0/s1. The number of carbonyl (C=O) groups is 1. The van der Waals surface area contributed by atoms with Crippen LogP contribution in [0, 0.1) is 28.6 Å². The number of esters is 1. The molecule has 4 heteroatoms. The van der Waals surface area contributed by atoms with Crippen LogP contribution in [-0.4, -0.2) is 29.9 Å². The highest BCUT2D eigenvalue weighted by Gasteiger charge is 2.60. The van der Waals surface area contributed by atoms with Crippen LogP contribution in [0.25, 0.3) is 0 Å². The summed E-state index contributed by atoms with van der Waals surface area (Å²) in [7, 11) is 0. The van der Waals surface area contributed by atoms with Crippen LogP contribution in [0.5, 0.6) is 0 Å². The average Bonchev–Trinajstić information content (AvgIpc) is 2.98. The summed E-state index contributed by atoms with van der Waals surface area (Å²) in [5.74, 6) is 2.92. The minimum Gasteiger partial charge on any atom is -0.495 e. The molecule has 0 bridgehead atoms. The fourth-order valence-corrected chi connectivity index (χ4v) is 8.51. The Morgan fingerprint density at radius 3 is 2.79 bits per heavy atom. The lowest BCUT2D eigenvalue weighted by Crippen LogP contribution is -2.53. The topological polar surface area (TPSA) is 55.8 Å². The first-order chi connectivity index (χ1) is 16.0. The van der Waals surface area contributed by atoms with Crippen molar-refractivity contribution in [3.05, 3.63) is 23.5 Å². The molecule has 5 aliphatic carbocycles. The van der Waals surface area contributed by atoms with Crippen molar-refractivity contribution in [2.24, 2.45) is 28.6 Å². The molecule has 5 rings (SSSR count). The molecule has 0 spiro atoms. The zero-order valence-electron chi connectivity index (χ0n) is 20.8. The highest BCUT2D eigenvalue weighted by molar-refractivity contribution is 5.69. The number of hydrogen-bond donors (Lipinski definition) is 1. The van der Waals surface area contributed by atoms with Gasteiger partial charge >= 0.3 is 5.97 Å². The Kier molecular flexibility index (Phi) is 6.68. The monoisotopic (exact) mass is 456 g/mol. The smallest absolute Gasteiger partial charge is 0.305 e. The zero-order valence-corrected chi connectivity index (χ0v) is 20.8. The second-order valence-corrected chi connectivity index (χ2v) is 11.9. The van der Waals surface area contributed by atoms with Crippen molar-refractivity contribution in [1.82, 2.24) is 0 Å². The number of carbonyl (C=O) groups excluding carboxylic acids is 1. The van der Waals surface area contributed by atoms with Crippen LogP contribution >= 0.6 is 0 Å². The van der Waals surface area contributed by atoms with Gasteiger partial charge in [0.25, 0.3) is 0 Å². The van der Waals surface area contributed by atoms with Gasteiger partial charge in [-0.3, -0.25) is 4.79 Å². The summed E-state index contributed by atoms with van der Waals surface area (Å²) in [6, 6.07) is 0. The Balaban J connectivity index is 1.32. The van der Waals surface area contributed by atoms with Crippen molar-refractivity contribution < 1.29 is 19.4 Å². The third-order valence-electron chi connectivity index (χ3n) is 10.4. The van der Waals surface area contributed by atoms with Gasteiger partial charge in [0.05, 0.1) is 12.4 Å². The van der Waals surface area contributed by atoms with Gasteiger partial charge in [0, 0.05) is 30.1 Å². The minimum absolute atomic E-state index is 0.0521. The Labute approximate surface area is 200 Å². The Hall–Kier alpha value is -1.29. The van der Waals surface area contributed by atoms with E-state index in [2.05, 4.69) is 19.1 Å². The molecule has 0 aromatic rings. The Bertz CT molecular complexity index is 799. The normalized spacial score (nSPS) is 42.7. The van der Waals surface area contributed by atoms with E-state index in [4.69, 9.17) is 9.47 Å². The summed E-state index contributed by atoms with van der Waals surface area (Å²) in [5.41, 5.74) is 1.52. The molecule has 0 aromatic carbocycles. The largest absolute Gasteiger partial charge is 0.495 e. The van der Waals surface area contributed by atoms with Crippen LogP contribution in [0.3, 0.4) is 0 Å². The van der Waals surface area contributed by atoms with Gasteiger partial charge in [-0.15, -0.1) is 0 Å². The molecule has 3 saturated carbocycles. The number of ether oxygens (including phenoxy) is 2. The van der Waals surface area contributed by atoms with Crippen LogP contribution in [0.4, 0.5) is 0 Å². The molecule has 0 saturated heterocycles. The van der Waals surface area contributed by atoms with Crippen LogP contribution in [0.2, 0.25) is 0 Å². The van der Waals surface area contributed by atoms with Gasteiger partial charge in [0.1, 0.15) is 12.2 Å². The maximum atomic E-state index is 12.1. The van der Waals surface area contributed by atoms with E-state index in [0.717, 1.165) is 64.2 Å². The lowest BCUT2D eigenvalue weighted by atomic mass is 9.47. The summed E-state index contributed by atoms with van der Waals surface area (Å²) in [5, 5.41) is 10.8. The number of aliphatic hydroxyl groups excluding tert-OH is 1. The van der Waals surface area contributed by atoms with E-state index in [1.54, 1.807) is 0 Å². The molecule has 0 aromatic heterocycles. The van der Waals surface area contributed by atoms with Crippen molar-refractivity contribution in [3.8, 4) is 0 Å². The minimum atomic E-state index is -0.0554. The van der Waals surface area contributed by atoms with Gasteiger partial charge in [0.15, 0.2) is 0 Å². The molecule has 3 fully saturated rings. The molecular formula is C29H44O4. The highest BCUT2D eigenvalue weighted by Crippen LogP contribution is 2.65. The summed E-state index contributed by atoms with van der Waals surface area (Å²) >= 11 is 0. The van der Waals surface area contributed by atoms with Crippen molar-refractivity contribution >= 4 is 5.97 Å². The molecule has 4 nitrogen and oxygen atoms in total. The van der Waals surface area contributed by atoms with Crippen LogP contribution in [0.1, 0.15) is 104 Å². The van der Waals surface area contributed by atoms with Gasteiger partial charge in [-0.05, 0) is 88.0 Å². The predicted octanol–water partition coefficient (Wildman–Crippen LogP) is 6.48. The summed E-state index contributed by atoms with van der Waals surface area (Å²) in [4.78, 5) is 12.1. The van der Waals surface area contributed by atoms with Crippen molar-refractivity contribution in [2.45, 2.75) is 116 Å². The van der Waals surface area contributed by atoms with Gasteiger partial charge in [0.2, 0.25) is 0 Å². The fourth-order valence-electron chi connectivity index (χ4n) is 8.51. The van der Waals surface area contributed by atoms with E-state index < -0.39 is 0 Å². The Morgan fingerprint density at radius 2 is 1.97 bits per heavy atom. The van der Waals surface area contributed by atoms with E-state index in [1.165, 1.54) is 30.6 Å². The van der Waals surface area contributed by atoms with Crippen molar-refractivity contribution in [1.29, 1.82) is 0 Å². The molecule has 1 N–H and O–H groups in total. The Morgan fingerprint density at radius 1 is 1.09 bits per heavy atom. The molecule has 0 radical (unpaired) electrons. The SMILES string of the molecule is CCC(=O)OC1CC[C@H]2[C@@H]3CC=C4CC(OC5=CCCCCC5)CC[C@]4(CO)[C@@H]3CC[C@]12C. The van der Waals surface area contributed by atoms with E-state index in [-0.39, 0.29) is 35.6 Å². The zero-order chi connectivity index (χ0) is 23.1. The molecule has 0 heterocycles. The van der Waals surface area contributed by atoms with Crippen LogP contribution in [-0.2, 0) is 14.3 Å². The number of rotatable bonds is 5. The predicted molar refractivity (Wildman–Crippen MR) is 129 cm³/mol. The summed E-state index contributed by atoms with van der Waals surface area (Å²) < 4.78 is 12.5. The van der Waals surface area contributed by atoms with E-state index in [1.807, 2.05) is 6.92 Å². The second-order valence-electron chi connectivity index (χ2n) is 11.9. The molecule has 0 amide bonds. The van der Waals surface area contributed by atoms with Crippen LogP contribution in [0.15, 0.2) is 23.5 Å². The average molecular weight is 457 g/mol. The van der Waals surface area contributed by atoms with E-state index >= 15 is 0 Å². The molecule has 7 atom stereocenters. The molecular weight excluding hydrogens is 412 g/mol. The maximum absolute atomic E-state index is 12.1. The molecule has 5 aliphatic rings. The summed E-state index contributed by atoms with van der Waals surface area (Å²) in [6.07, 6.45) is 20.4. The van der Waals surface area contributed by atoms with E-state index in [9.17, 15) is 9.90 Å². The molecule has 0 aliphatic heterocycles. The maximum Gasteiger partial charge on any atom is 0.305 e. The third-order valence-corrected chi connectivity index (χ3v) is 10.4. The van der Waals surface area contributed by atoms with Gasteiger partial charge in [-0.2, -0.15) is 0 Å². The summed E-state index contributed by atoms with van der Waals surface area (Å²) in [6.45, 7) is 4.54. The molecule has 33 heavy (non-hydrogen) atoms. The van der Waals surface area contributed by atoms with E-state index in [0.29, 0.717) is 24.2 Å². The van der Waals surface area contributed by atoms with Crippen molar-refractivity contribution in [3.63, 3.8) is 0 Å². The first kappa shape index (κ1) is 23.5. The number of hydrogen-bond acceptors (Lipinski definition) is 4. The molecule has 184 valence electrons. The number of allylic oxidation sites excluding steroid dienone is 3. The quantitative estimate of drug-likeness (QED) is 0.380. The number of aliphatic hydroxyl groups is 1. The highest BCUT2D eigenvalue weighted by atomic mass is 16.5. The first-order valence-corrected chi connectivity index (χ1v) is 13.9. The lowest BCUT2D eigenvalue weighted by molar-refractivity contribution is -0.159. The van der Waals surface area contributed by atoms with Crippen LogP contribution < -0.4 is 0 Å². The lowest BCUT2D eigenvalue weighted by Gasteiger charge is -2.58. The van der Waals surface area contributed by atoms with Gasteiger partial charge in [-0.1, -0.05) is 31.9 Å². The second kappa shape index (κ2) is 9.40. The number of fused-ring (bicyclic) bond motifs is 5. The molecule has 2 unspecified atom stereocenters. The van der Waals surface area contributed by atoms with Gasteiger partial charge < -0.3 is 14.6 Å².